The van der Waals surface area contributed by atoms with E-state index >= 15 is 0 Å². The Morgan fingerprint density at radius 2 is 1.91 bits per heavy atom. The molecule has 4 nitrogen and oxygen atoms in total. The van der Waals surface area contributed by atoms with Crippen LogP contribution >= 0.6 is 12.4 Å². The number of sulfonamides is 1. The van der Waals surface area contributed by atoms with Crippen LogP contribution in [0.15, 0.2) is 23.1 Å². The number of halogens is 1. The van der Waals surface area contributed by atoms with Crippen LogP contribution in [0.1, 0.15) is 37.3 Å². The van der Waals surface area contributed by atoms with Crippen LogP contribution in [0.25, 0.3) is 0 Å². The van der Waals surface area contributed by atoms with Crippen molar-refractivity contribution in [3.8, 4) is 0 Å². The fraction of sp³-hybridized carbons (Fsp3) is 0.625. The maximum Gasteiger partial charge on any atom is 0.243 e. The number of hydrogen-bond acceptors (Lipinski definition) is 3. The summed E-state index contributed by atoms with van der Waals surface area (Å²) in [5.41, 5.74) is 8.44. The average Bonchev–Trinajstić information content (AvgIpc) is 2.97. The van der Waals surface area contributed by atoms with Crippen molar-refractivity contribution >= 4 is 22.4 Å². The largest absolute Gasteiger partial charge is 0.328 e. The molecule has 22 heavy (non-hydrogen) atoms. The van der Waals surface area contributed by atoms with Gasteiger partial charge in [0.05, 0.1) is 4.90 Å². The molecule has 2 atom stereocenters. The van der Waals surface area contributed by atoms with Crippen molar-refractivity contribution in [2.24, 2.45) is 11.7 Å². The Bertz CT molecular complexity index is 631. The third kappa shape index (κ3) is 3.32. The zero-order valence-electron chi connectivity index (χ0n) is 13.0. The van der Waals surface area contributed by atoms with Gasteiger partial charge in [-0.15, -0.1) is 12.4 Å². The Balaban J connectivity index is 0.00000176. The Labute approximate surface area is 139 Å². The smallest absolute Gasteiger partial charge is 0.243 e. The molecule has 124 valence electrons. The molecule has 1 aliphatic carbocycles. The van der Waals surface area contributed by atoms with Crippen LogP contribution in [0.5, 0.6) is 0 Å². The highest BCUT2D eigenvalue weighted by molar-refractivity contribution is 7.89. The second-order valence-corrected chi connectivity index (χ2v) is 8.35. The Morgan fingerprint density at radius 3 is 2.55 bits per heavy atom. The lowest BCUT2D eigenvalue weighted by atomic mass is 9.92. The van der Waals surface area contributed by atoms with E-state index in [1.807, 2.05) is 19.1 Å². The molecule has 1 aromatic carbocycles. The van der Waals surface area contributed by atoms with Crippen LogP contribution in [0.4, 0.5) is 0 Å². The van der Waals surface area contributed by atoms with Crippen LogP contribution in [0.2, 0.25) is 0 Å². The van der Waals surface area contributed by atoms with Crippen molar-refractivity contribution in [3.63, 3.8) is 0 Å². The highest BCUT2D eigenvalue weighted by atomic mass is 35.5. The molecule has 2 unspecified atom stereocenters. The summed E-state index contributed by atoms with van der Waals surface area (Å²) >= 11 is 0. The minimum absolute atomic E-state index is 0. The van der Waals surface area contributed by atoms with Crippen molar-refractivity contribution in [2.45, 2.75) is 50.0 Å². The first-order valence-electron chi connectivity index (χ1n) is 7.86. The highest BCUT2D eigenvalue weighted by Gasteiger charge is 2.34. The lowest BCUT2D eigenvalue weighted by molar-refractivity contribution is 0.429. The third-order valence-corrected chi connectivity index (χ3v) is 6.75. The highest BCUT2D eigenvalue weighted by Crippen LogP contribution is 2.29. The predicted octanol–water partition coefficient (Wildman–Crippen LogP) is 2.35. The van der Waals surface area contributed by atoms with Crippen LogP contribution in [-0.4, -0.2) is 31.9 Å². The van der Waals surface area contributed by atoms with Gasteiger partial charge in [0.1, 0.15) is 0 Å². The Morgan fingerprint density at radius 1 is 1.23 bits per heavy atom. The lowest BCUT2D eigenvalue weighted by Gasteiger charge is -2.20. The van der Waals surface area contributed by atoms with Crippen molar-refractivity contribution in [1.29, 1.82) is 0 Å². The molecule has 0 aromatic heterocycles. The van der Waals surface area contributed by atoms with Crippen molar-refractivity contribution in [3.05, 3.63) is 29.3 Å². The standard InChI is InChI=1S/C16H24N2O2S.ClH/c1-12(17)15-8-9-18(11-15)21(19,20)16-7-6-13-4-2-3-5-14(13)10-16;/h6-7,10,12,15H,2-5,8-9,11,17H2,1H3;1H. The minimum Gasteiger partial charge on any atom is -0.328 e. The monoisotopic (exact) mass is 344 g/mol. The summed E-state index contributed by atoms with van der Waals surface area (Å²) in [6.45, 7) is 3.10. The molecule has 1 aromatic rings. The summed E-state index contributed by atoms with van der Waals surface area (Å²) in [6, 6.07) is 5.72. The Hall–Kier alpha value is -0.620. The fourth-order valence-electron chi connectivity index (χ4n) is 3.42. The van der Waals surface area contributed by atoms with Gasteiger partial charge in [-0.1, -0.05) is 6.07 Å². The number of nitrogens with zero attached hydrogens (tertiary/aromatic N) is 1. The summed E-state index contributed by atoms with van der Waals surface area (Å²) in [4.78, 5) is 0.452. The molecule has 0 saturated carbocycles. The molecule has 1 heterocycles. The summed E-state index contributed by atoms with van der Waals surface area (Å²) in [5, 5.41) is 0. The van der Waals surface area contributed by atoms with Gasteiger partial charge in [-0.2, -0.15) is 4.31 Å². The van der Waals surface area contributed by atoms with E-state index in [-0.39, 0.29) is 24.4 Å². The average molecular weight is 345 g/mol. The molecule has 1 aliphatic heterocycles. The first kappa shape index (κ1) is 17.7. The molecule has 0 spiro atoms. The van der Waals surface area contributed by atoms with Gasteiger partial charge in [0.15, 0.2) is 0 Å². The number of hydrogen-bond donors (Lipinski definition) is 1. The molecule has 3 rings (SSSR count). The van der Waals surface area contributed by atoms with E-state index in [9.17, 15) is 8.42 Å². The van der Waals surface area contributed by atoms with Crippen LogP contribution in [0, 0.1) is 5.92 Å². The second-order valence-electron chi connectivity index (χ2n) is 6.41. The first-order valence-corrected chi connectivity index (χ1v) is 9.30. The van der Waals surface area contributed by atoms with E-state index in [0.717, 1.165) is 25.7 Å². The summed E-state index contributed by atoms with van der Waals surface area (Å²) < 4.78 is 27.1. The zero-order valence-corrected chi connectivity index (χ0v) is 14.6. The second kappa shape index (κ2) is 6.87. The van der Waals surface area contributed by atoms with Gasteiger partial charge >= 0.3 is 0 Å². The predicted molar refractivity (Wildman–Crippen MR) is 90.8 cm³/mol. The van der Waals surface area contributed by atoms with Crippen molar-refractivity contribution in [2.75, 3.05) is 13.1 Å². The number of aryl methyl sites for hydroxylation is 2. The molecule has 1 saturated heterocycles. The van der Waals surface area contributed by atoms with E-state index in [2.05, 4.69) is 0 Å². The van der Waals surface area contributed by atoms with Gasteiger partial charge < -0.3 is 5.73 Å². The van der Waals surface area contributed by atoms with Gasteiger partial charge in [0.2, 0.25) is 10.0 Å². The van der Waals surface area contributed by atoms with Crippen LogP contribution in [0.3, 0.4) is 0 Å². The summed E-state index contributed by atoms with van der Waals surface area (Å²) in [6.07, 6.45) is 5.31. The maximum atomic E-state index is 12.8. The quantitative estimate of drug-likeness (QED) is 0.915. The van der Waals surface area contributed by atoms with E-state index in [1.54, 1.807) is 10.4 Å². The van der Waals surface area contributed by atoms with Gasteiger partial charge in [0.25, 0.3) is 0 Å². The van der Waals surface area contributed by atoms with Gasteiger partial charge in [-0.05, 0) is 68.2 Å². The molecule has 0 radical (unpaired) electrons. The molecule has 0 amide bonds. The molecule has 1 fully saturated rings. The van der Waals surface area contributed by atoms with Crippen LogP contribution in [-0.2, 0) is 22.9 Å². The van der Waals surface area contributed by atoms with E-state index in [0.29, 0.717) is 18.0 Å². The van der Waals surface area contributed by atoms with Crippen LogP contribution < -0.4 is 5.73 Å². The zero-order chi connectivity index (χ0) is 15.0. The summed E-state index contributed by atoms with van der Waals surface area (Å²) in [5.74, 6) is 0.275. The fourth-order valence-corrected chi connectivity index (χ4v) is 4.98. The molecule has 2 aliphatic rings. The number of benzene rings is 1. The number of rotatable bonds is 3. The number of nitrogens with two attached hydrogens (primary N) is 1. The third-order valence-electron chi connectivity index (χ3n) is 4.89. The lowest BCUT2D eigenvalue weighted by Crippen LogP contribution is -2.33. The number of fused-ring (bicyclic) bond motifs is 1. The first-order chi connectivity index (χ1) is 9.98. The maximum absolute atomic E-state index is 12.8. The molecule has 6 heteroatoms. The van der Waals surface area contributed by atoms with Gasteiger partial charge in [-0.25, -0.2) is 8.42 Å². The molecule has 2 N–H and O–H groups in total. The van der Waals surface area contributed by atoms with Crippen molar-refractivity contribution < 1.29 is 8.42 Å². The van der Waals surface area contributed by atoms with Gasteiger partial charge in [-0.3, -0.25) is 0 Å². The van der Waals surface area contributed by atoms with Crippen molar-refractivity contribution in [1.82, 2.24) is 4.31 Å². The van der Waals surface area contributed by atoms with Gasteiger partial charge in [0, 0.05) is 19.1 Å². The molecular formula is C16H25ClN2O2S. The SMILES string of the molecule is CC(N)C1CCN(S(=O)(=O)c2ccc3c(c2)CCCC3)C1.Cl. The molecule has 0 bridgehead atoms. The molecular weight excluding hydrogens is 320 g/mol. The normalized spacial score (nSPS) is 23.6. The minimum atomic E-state index is -3.36. The summed E-state index contributed by atoms with van der Waals surface area (Å²) in [7, 11) is -3.36. The van der Waals surface area contributed by atoms with E-state index < -0.39 is 10.0 Å². The van der Waals surface area contributed by atoms with E-state index in [1.165, 1.54) is 17.5 Å². The van der Waals surface area contributed by atoms with E-state index in [4.69, 9.17) is 5.73 Å². The Kier molecular flexibility index (Phi) is 5.54. The topological polar surface area (TPSA) is 63.4 Å².